The molecule has 0 aliphatic carbocycles. The van der Waals surface area contributed by atoms with E-state index in [-0.39, 0.29) is 18.4 Å². The lowest BCUT2D eigenvalue weighted by Gasteiger charge is -2.19. The summed E-state index contributed by atoms with van der Waals surface area (Å²) in [4.78, 5) is 32.3. The fourth-order valence-corrected chi connectivity index (χ4v) is 3.91. The van der Waals surface area contributed by atoms with Crippen LogP contribution in [0, 0.1) is 0 Å². The van der Waals surface area contributed by atoms with Crippen LogP contribution in [0.15, 0.2) is 84.4 Å². The van der Waals surface area contributed by atoms with E-state index in [2.05, 4.69) is 10.3 Å². The number of anilines is 1. The summed E-state index contributed by atoms with van der Waals surface area (Å²) in [6.45, 7) is 2.25. The summed E-state index contributed by atoms with van der Waals surface area (Å²) in [6, 6.07) is 23.1. The van der Waals surface area contributed by atoms with E-state index in [9.17, 15) is 9.59 Å². The molecule has 7 heteroatoms. The first-order valence-corrected chi connectivity index (χ1v) is 10.9. The summed E-state index contributed by atoms with van der Waals surface area (Å²) >= 11 is 1.37. The highest BCUT2D eigenvalue weighted by atomic mass is 32.1. The van der Waals surface area contributed by atoms with E-state index in [1.165, 1.54) is 16.2 Å². The highest BCUT2D eigenvalue weighted by Gasteiger charge is 2.20. The number of thiophene rings is 1. The van der Waals surface area contributed by atoms with Crippen LogP contribution >= 0.6 is 11.3 Å². The number of hydrogen-bond donors (Lipinski definition) is 1. The summed E-state index contributed by atoms with van der Waals surface area (Å²) in [7, 11) is 0. The maximum absolute atomic E-state index is 12.8. The van der Waals surface area contributed by atoms with Gasteiger partial charge in [0.15, 0.2) is 0 Å². The number of likely N-dealkylation sites (N-methyl/N-ethyl adjacent to an activating group) is 1. The molecule has 2 aromatic heterocycles. The van der Waals surface area contributed by atoms with Gasteiger partial charge < -0.3 is 4.90 Å². The lowest BCUT2D eigenvalue weighted by atomic mass is 10.2. The van der Waals surface area contributed by atoms with Crippen LogP contribution in [-0.2, 0) is 4.79 Å². The Balaban J connectivity index is 1.58. The van der Waals surface area contributed by atoms with Crippen molar-refractivity contribution in [1.82, 2.24) is 14.5 Å². The average Bonchev–Trinajstić information content (AvgIpc) is 3.49. The zero-order valence-corrected chi connectivity index (χ0v) is 17.9. The third kappa shape index (κ3) is 4.73. The quantitative estimate of drug-likeness (QED) is 0.462. The Hall–Kier alpha value is -3.71. The first kappa shape index (κ1) is 20.6. The van der Waals surface area contributed by atoms with Gasteiger partial charge in [-0.25, -0.2) is 4.98 Å². The lowest BCUT2D eigenvalue weighted by molar-refractivity contribution is -0.116. The van der Waals surface area contributed by atoms with Crippen LogP contribution in [-0.4, -0.2) is 39.4 Å². The van der Waals surface area contributed by atoms with Gasteiger partial charge in [-0.2, -0.15) is 0 Å². The predicted molar refractivity (Wildman–Crippen MR) is 124 cm³/mol. The first-order valence-electron chi connectivity index (χ1n) is 9.98. The molecule has 156 valence electrons. The number of para-hydroxylation sites is 1. The molecule has 31 heavy (non-hydrogen) atoms. The van der Waals surface area contributed by atoms with Crippen molar-refractivity contribution in [2.45, 2.75) is 6.92 Å². The molecule has 0 unspecified atom stereocenters. The van der Waals surface area contributed by atoms with Crippen LogP contribution in [0.25, 0.3) is 16.9 Å². The van der Waals surface area contributed by atoms with Gasteiger partial charge in [-0.05, 0) is 30.5 Å². The fraction of sp³-hybridized carbons (Fsp3) is 0.125. The van der Waals surface area contributed by atoms with Gasteiger partial charge >= 0.3 is 0 Å². The summed E-state index contributed by atoms with van der Waals surface area (Å²) in [5, 5.41) is 4.74. The number of carbonyl (C=O) groups is 2. The Bertz CT molecular complexity index is 1160. The molecule has 0 aliphatic heterocycles. The van der Waals surface area contributed by atoms with E-state index >= 15 is 0 Å². The van der Waals surface area contributed by atoms with Crippen molar-refractivity contribution in [2.24, 2.45) is 0 Å². The molecule has 6 nitrogen and oxygen atoms in total. The van der Waals surface area contributed by atoms with Crippen LogP contribution in [0.2, 0.25) is 0 Å². The van der Waals surface area contributed by atoms with E-state index in [1.807, 2.05) is 89.8 Å². The SMILES string of the molecule is CCN(CC(=O)Nc1nc(-c2ccccc2)cn1-c1ccccc1)C(=O)c1cccs1. The smallest absolute Gasteiger partial charge is 0.264 e. The van der Waals surface area contributed by atoms with Gasteiger partial charge in [0.2, 0.25) is 11.9 Å². The van der Waals surface area contributed by atoms with Crippen LogP contribution in [0.3, 0.4) is 0 Å². The number of rotatable bonds is 7. The summed E-state index contributed by atoms with van der Waals surface area (Å²) in [5.74, 6) is -0.0344. The zero-order chi connectivity index (χ0) is 21.6. The molecule has 2 amide bonds. The van der Waals surface area contributed by atoms with Crippen molar-refractivity contribution < 1.29 is 9.59 Å². The standard InChI is InChI=1S/C24H22N4O2S/c1-2-27(23(30)21-14-9-15-31-21)17-22(29)26-24-25-20(18-10-5-3-6-11-18)16-28(24)19-12-7-4-8-13-19/h3-16H,2,17H2,1H3,(H,25,26,29). The van der Waals surface area contributed by atoms with Gasteiger partial charge in [0.05, 0.1) is 10.6 Å². The number of hydrogen-bond acceptors (Lipinski definition) is 4. The molecule has 0 atom stereocenters. The van der Waals surface area contributed by atoms with Gasteiger partial charge in [0.1, 0.15) is 6.54 Å². The molecule has 0 radical (unpaired) electrons. The lowest BCUT2D eigenvalue weighted by Crippen LogP contribution is -2.37. The molecule has 4 aromatic rings. The minimum Gasteiger partial charge on any atom is -0.329 e. The first-order chi connectivity index (χ1) is 15.2. The number of amides is 2. The van der Waals surface area contributed by atoms with Gasteiger partial charge in [-0.1, -0.05) is 54.6 Å². The normalized spacial score (nSPS) is 10.6. The Morgan fingerprint density at radius 2 is 1.71 bits per heavy atom. The van der Waals surface area contributed by atoms with Gasteiger partial charge in [0.25, 0.3) is 5.91 Å². The third-order valence-corrected chi connectivity index (χ3v) is 5.65. The van der Waals surface area contributed by atoms with Crippen molar-refractivity contribution in [1.29, 1.82) is 0 Å². The van der Waals surface area contributed by atoms with Crippen LogP contribution in [0.5, 0.6) is 0 Å². The molecule has 0 aliphatic rings. The molecule has 0 fully saturated rings. The monoisotopic (exact) mass is 430 g/mol. The summed E-state index contributed by atoms with van der Waals surface area (Å²) < 4.78 is 1.84. The van der Waals surface area contributed by atoms with Gasteiger partial charge in [0, 0.05) is 24.0 Å². The topological polar surface area (TPSA) is 67.2 Å². The molecule has 2 aromatic carbocycles. The molecule has 0 bridgehead atoms. The maximum Gasteiger partial charge on any atom is 0.264 e. The molecule has 0 saturated heterocycles. The zero-order valence-electron chi connectivity index (χ0n) is 17.1. The van der Waals surface area contributed by atoms with E-state index in [0.717, 1.165) is 16.9 Å². The molecule has 4 rings (SSSR count). The molecular weight excluding hydrogens is 408 g/mol. The molecular formula is C24H22N4O2S. The molecule has 1 N–H and O–H groups in total. The van der Waals surface area contributed by atoms with Crippen LogP contribution in [0.4, 0.5) is 5.95 Å². The predicted octanol–water partition coefficient (Wildman–Crippen LogP) is 4.70. The van der Waals surface area contributed by atoms with Crippen molar-refractivity contribution in [3.8, 4) is 16.9 Å². The van der Waals surface area contributed by atoms with Crippen molar-refractivity contribution >= 4 is 29.1 Å². The number of aromatic nitrogens is 2. The largest absolute Gasteiger partial charge is 0.329 e. The van der Waals surface area contributed by atoms with Gasteiger partial charge in [-0.15, -0.1) is 11.3 Å². The molecule has 0 spiro atoms. The Morgan fingerprint density at radius 1 is 1.00 bits per heavy atom. The van der Waals surface area contributed by atoms with E-state index < -0.39 is 0 Å². The number of carbonyl (C=O) groups excluding carboxylic acids is 2. The Labute approximate surface area is 184 Å². The fourth-order valence-electron chi connectivity index (χ4n) is 3.22. The third-order valence-electron chi connectivity index (χ3n) is 4.80. The van der Waals surface area contributed by atoms with E-state index in [1.54, 1.807) is 6.07 Å². The second kappa shape index (κ2) is 9.40. The second-order valence-corrected chi connectivity index (χ2v) is 7.81. The highest BCUT2D eigenvalue weighted by molar-refractivity contribution is 7.12. The number of nitrogens with zero attached hydrogens (tertiary/aromatic N) is 3. The Morgan fingerprint density at radius 3 is 2.35 bits per heavy atom. The molecule has 0 saturated carbocycles. The number of nitrogens with one attached hydrogen (secondary N) is 1. The minimum absolute atomic E-state index is 0.0461. The van der Waals surface area contributed by atoms with E-state index in [4.69, 9.17) is 0 Å². The number of benzene rings is 2. The van der Waals surface area contributed by atoms with Crippen LogP contribution in [0.1, 0.15) is 16.6 Å². The minimum atomic E-state index is -0.297. The van der Waals surface area contributed by atoms with Gasteiger partial charge in [-0.3, -0.25) is 19.5 Å². The van der Waals surface area contributed by atoms with Crippen molar-refractivity contribution in [2.75, 3.05) is 18.4 Å². The summed E-state index contributed by atoms with van der Waals surface area (Å²) in [5.41, 5.74) is 2.59. The Kier molecular flexibility index (Phi) is 6.24. The van der Waals surface area contributed by atoms with Crippen molar-refractivity contribution in [3.63, 3.8) is 0 Å². The van der Waals surface area contributed by atoms with Crippen LogP contribution < -0.4 is 5.32 Å². The second-order valence-electron chi connectivity index (χ2n) is 6.87. The van der Waals surface area contributed by atoms with Crippen molar-refractivity contribution in [3.05, 3.63) is 89.3 Å². The number of imidazole rings is 1. The summed E-state index contributed by atoms with van der Waals surface area (Å²) in [6.07, 6.45) is 1.90. The molecule has 2 heterocycles. The highest BCUT2D eigenvalue weighted by Crippen LogP contribution is 2.24. The maximum atomic E-state index is 12.8. The average molecular weight is 431 g/mol. The van der Waals surface area contributed by atoms with E-state index in [0.29, 0.717) is 17.4 Å².